The number of likely N-dealkylation sites (tertiary alicyclic amines) is 1. The number of aliphatic hydroxyl groups excluding tert-OH is 1. The van der Waals surface area contributed by atoms with Crippen molar-refractivity contribution < 1.29 is 28.7 Å². The largest absolute Gasteiger partial charge is 0.391 e. The number of amides is 4. The second-order valence-corrected chi connectivity index (χ2v) is 18.8. The van der Waals surface area contributed by atoms with Crippen molar-refractivity contribution in [2.45, 2.75) is 95.2 Å². The lowest BCUT2D eigenvalue weighted by Crippen LogP contribution is -2.59. The predicted molar refractivity (Wildman–Crippen MR) is 237 cm³/mol. The van der Waals surface area contributed by atoms with Crippen molar-refractivity contribution in [1.29, 1.82) is 5.26 Å². The van der Waals surface area contributed by atoms with Crippen LogP contribution in [0.3, 0.4) is 0 Å². The minimum Gasteiger partial charge on any atom is -0.391 e. The quantitative estimate of drug-likeness (QED) is 0.113. The third-order valence-electron chi connectivity index (χ3n) is 12.1. The van der Waals surface area contributed by atoms with Gasteiger partial charge in [0.1, 0.15) is 18.2 Å². The number of rotatable bonds is 13. The van der Waals surface area contributed by atoms with Crippen molar-refractivity contribution >= 4 is 51.3 Å². The number of halogens is 1. The fourth-order valence-electron chi connectivity index (χ4n) is 8.29. The summed E-state index contributed by atoms with van der Waals surface area (Å²) in [6, 6.07) is 15.6. The van der Waals surface area contributed by atoms with E-state index in [1.807, 2.05) is 55.6 Å². The lowest BCUT2D eigenvalue weighted by molar-refractivity contribution is -0.145. The van der Waals surface area contributed by atoms with Gasteiger partial charge in [0.15, 0.2) is 10.7 Å². The molecule has 2 aliphatic heterocycles. The summed E-state index contributed by atoms with van der Waals surface area (Å²) in [5.41, 5.74) is 2.23. The number of nitrogens with one attached hydrogen (secondary N) is 4. The van der Waals surface area contributed by atoms with E-state index >= 15 is 0 Å². The topological polar surface area (TPSA) is 223 Å². The third kappa shape index (κ3) is 9.38. The Balaban J connectivity index is 0.884. The summed E-state index contributed by atoms with van der Waals surface area (Å²) in [5.74, 6) is -2.24. The number of piperidine rings is 1. The fourth-order valence-corrected chi connectivity index (χ4v) is 9.21. The molecule has 64 heavy (non-hydrogen) atoms. The average molecular weight is 891 g/mol. The van der Waals surface area contributed by atoms with Crippen molar-refractivity contribution in [3.8, 4) is 28.0 Å². The molecule has 8 rings (SSSR count). The Kier molecular flexibility index (Phi) is 12.4. The fraction of sp³-hybridized carbons (Fsp3) is 0.444. The zero-order valence-electron chi connectivity index (χ0n) is 36.0. The Morgan fingerprint density at radius 2 is 1.78 bits per heavy atom. The van der Waals surface area contributed by atoms with E-state index in [4.69, 9.17) is 4.98 Å². The molecular formula is C45H51FN12O5S. The molecule has 0 radical (unpaired) electrons. The summed E-state index contributed by atoms with van der Waals surface area (Å²) in [6.45, 7) is 6.36. The lowest BCUT2D eigenvalue weighted by atomic mass is 9.85. The number of hydrogen-bond acceptors (Lipinski definition) is 13. The van der Waals surface area contributed by atoms with Crippen LogP contribution in [-0.2, 0) is 19.2 Å². The summed E-state index contributed by atoms with van der Waals surface area (Å²) < 4.78 is 16.4. The zero-order valence-corrected chi connectivity index (χ0v) is 36.9. The maximum Gasteiger partial charge on any atom is 0.258 e. The van der Waals surface area contributed by atoms with Crippen LogP contribution in [0.1, 0.15) is 76.5 Å². The molecule has 2 saturated heterocycles. The molecule has 1 aromatic carbocycles. The number of alkyl halides is 1. The highest BCUT2D eigenvalue weighted by atomic mass is 32.1. The SMILES string of the molecule is CNc1cc(-c2ccc3cc(C#N)cnn23)ncc1-c1nnc(N2CCC(NC(=O)C[C@H](NC(=O)[C@@H]3C[C@@H](O)CN3C(=O)[C@@H](NC(=O)C3(F)CC3)C(C)(C)C)c3ccccc3)CC2)s1. The third-order valence-corrected chi connectivity index (χ3v) is 13.1. The zero-order chi connectivity index (χ0) is 45.3. The van der Waals surface area contributed by atoms with Crippen molar-refractivity contribution in [1.82, 2.24) is 45.6 Å². The molecule has 5 N–H and O–H groups in total. The smallest absolute Gasteiger partial charge is 0.258 e. The Labute approximate surface area is 373 Å². The molecule has 0 unspecified atom stereocenters. The van der Waals surface area contributed by atoms with Crippen LogP contribution in [0.25, 0.3) is 27.5 Å². The Hall–Kier alpha value is -6.52. The Bertz CT molecular complexity index is 2590. The molecule has 334 valence electrons. The minimum atomic E-state index is -2.00. The van der Waals surface area contributed by atoms with Crippen LogP contribution in [0.15, 0.2) is 67.0 Å². The monoisotopic (exact) mass is 890 g/mol. The van der Waals surface area contributed by atoms with E-state index < -0.39 is 53.0 Å². The molecule has 3 fully saturated rings. The number of hydrogen-bond donors (Lipinski definition) is 5. The molecule has 4 amide bonds. The first-order chi connectivity index (χ1) is 30.6. The molecular weight excluding hydrogens is 840 g/mol. The van der Waals surface area contributed by atoms with Gasteiger partial charge in [0.2, 0.25) is 22.9 Å². The predicted octanol–water partition coefficient (Wildman–Crippen LogP) is 4.16. The van der Waals surface area contributed by atoms with Crippen LogP contribution in [0, 0.1) is 16.7 Å². The van der Waals surface area contributed by atoms with Gasteiger partial charge in [-0.1, -0.05) is 62.4 Å². The summed E-state index contributed by atoms with van der Waals surface area (Å²) in [7, 11) is 1.83. The number of carbonyl (C=O) groups is 4. The second kappa shape index (κ2) is 17.9. The van der Waals surface area contributed by atoms with Crippen LogP contribution >= 0.6 is 11.3 Å². The Morgan fingerprint density at radius 3 is 2.47 bits per heavy atom. The summed E-state index contributed by atoms with van der Waals surface area (Å²) in [5, 5.41) is 46.8. The molecule has 0 spiro atoms. The number of aromatic nitrogens is 5. The molecule has 0 bridgehead atoms. The first-order valence-electron chi connectivity index (χ1n) is 21.4. The summed E-state index contributed by atoms with van der Waals surface area (Å²) >= 11 is 1.45. The van der Waals surface area contributed by atoms with Gasteiger partial charge >= 0.3 is 0 Å². The van der Waals surface area contributed by atoms with Crippen LogP contribution in [0.5, 0.6) is 0 Å². The highest BCUT2D eigenvalue weighted by Crippen LogP contribution is 2.41. The molecule has 1 aliphatic carbocycles. The summed E-state index contributed by atoms with van der Waals surface area (Å²) in [4.78, 5) is 62.5. The van der Waals surface area contributed by atoms with E-state index in [2.05, 4.69) is 47.5 Å². The van der Waals surface area contributed by atoms with Gasteiger partial charge in [-0.3, -0.25) is 24.2 Å². The van der Waals surface area contributed by atoms with E-state index in [1.54, 1.807) is 37.5 Å². The lowest BCUT2D eigenvalue weighted by Gasteiger charge is -2.36. The van der Waals surface area contributed by atoms with Gasteiger partial charge < -0.3 is 36.2 Å². The van der Waals surface area contributed by atoms with Crippen LogP contribution < -0.4 is 26.2 Å². The summed E-state index contributed by atoms with van der Waals surface area (Å²) in [6.07, 6.45) is 3.67. The van der Waals surface area contributed by atoms with Gasteiger partial charge in [-0.25, -0.2) is 8.91 Å². The highest BCUT2D eigenvalue weighted by Gasteiger charge is 2.53. The molecule has 5 aromatic rings. The molecule has 6 heterocycles. The van der Waals surface area contributed by atoms with E-state index in [1.165, 1.54) is 22.4 Å². The van der Waals surface area contributed by atoms with Crippen molar-refractivity contribution in [3.63, 3.8) is 0 Å². The number of anilines is 2. The number of nitriles is 1. The standard InChI is InChI=1S/C45H51FN12O5S/c1-44(2,3)38(53-42(63)45(46)14-15-45)41(62)57-25-30(59)19-36(57)39(61)52-32(27-8-6-5-7-9-27)21-37(60)51-28-12-16-56(17-13-28)43-55-54-40(64-43)31-24-49-34(20-33(31)48-4)35-11-10-29-18-26(22-47)23-50-58(29)35/h5-11,18,20,23-24,28,30,32,36,38,59H,12-17,19,21,25H2,1-4H3,(H,48,49)(H,51,60)(H,52,61)(H,53,63)/t30-,32+,36+,38-/m1/s1. The normalized spacial score (nSPS) is 19.4. The number of aliphatic hydroxyl groups is 1. The number of fused-ring (bicyclic) bond motifs is 1. The maximum atomic E-state index is 14.7. The van der Waals surface area contributed by atoms with Gasteiger partial charge in [-0.15, -0.1) is 10.2 Å². The second-order valence-electron chi connectivity index (χ2n) is 17.8. The number of carbonyl (C=O) groups excluding carboxylic acids is 4. The van der Waals surface area contributed by atoms with Crippen LogP contribution in [0.2, 0.25) is 0 Å². The molecule has 4 aromatic heterocycles. The van der Waals surface area contributed by atoms with Crippen molar-refractivity contribution in [3.05, 3.63) is 78.1 Å². The minimum absolute atomic E-state index is 0.0338. The number of β-amino-alcohol motifs (C(OH)–C–C–N with tert-alkyl or cyclic N) is 1. The van der Waals surface area contributed by atoms with Crippen molar-refractivity contribution in [2.24, 2.45) is 5.41 Å². The first kappa shape index (κ1) is 44.1. The average Bonchev–Trinajstić information content (AvgIpc) is 3.60. The molecule has 1 saturated carbocycles. The molecule has 3 aliphatic rings. The van der Waals surface area contributed by atoms with E-state index in [-0.39, 0.29) is 44.2 Å². The van der Waals surface area contributed by atoms with Gasteiger partial charge in [0, 0.05) is 51.0 Å². The van der Waals surface area contributed by atoms with Crippen LogP contribution in [-0.4, -0.2) is 115 Å². The van der Waals surface area contributed by atoms with Gasteiger partial charge in [-0.2, -0.15) is 10.4 Å². The number of pyridine rings is 1. The molecule has 17 nitrogen and oxygen atoms in total. The highest BCUT2D eigenvalue weighted by molar-refractivity contribution is 7.18. The van der Waals surface area contributed by atoms with E-state index in [9.17, 15) is 33.9 Å². The van der Waals surface area contributed by atoms with Gasteiger partial charge in [0.05, 0.1) is 52.8 Å². The number of nitrogens with zero attached hydrogens (tertiary/aromatic N) is 8. The van der Waals surface area contributed by atoms with Crippen molar-refractivity contribution in [2.75, 3.05) is 36.9 Å². The molecule has 19 heteroatoms. The first-order valence-corrected chi connectivity index (χ1v) is 22.2. The maximum absolute atomic E-state index is 14.7. The van der Waals surface area contributed by atoms with E-state index in [0.29, 0.717) is 47.8 Å². The van der Waals surface area contributed by atoms with Gasteiger partial charge in [0.25, 0.3) is 5.91 Å². The van der Waals surface area contributed by atoms with E-state index in [0.717, 1.165) is 27.6 Å². The van der Waals surface area contributed by atoms with Gasteiger partial charge in [-0.05, 0) is 60.9 Å². The molecule has 4 atom stereocenters. The number of benzene rings is 1. The Morgan fingerprint density at radius 1 is 1.03 bits per heavy atom. The van der Waals surface area contributed by atoms with Crippen LogP contribution in [0.4, 0.5) is 15.2 Å².